The van der Waals surface area contributed by atoms with E-state index in [0.29, 0.717) is 18.4 Å². The number of anilines is 1. The Morgan fingerprint density at radius 3 is 2.73 bits per heavy atom. The minimum atomic E-state index is -0.184. The minimum Gasteiger partial charge on any atom is -0.359 e. The first-order valence-electron chi connectivity index (χ1n) is 8.27. The van der Waals surface area contributed by atoms with Crippen LogP contribution in [0.3, 0.4) is 0 Å². The van der Waals surface area contributed by atoms with Gasteiger partial charge >= 0.3 is 0 Å². The molecule has 0 fully saturated rings. The standard InChI is InChI=1S/C20H19N3O2S/c1-21-18(24)10-9-14-5-2-3-8-17(14)23-19(25)15-6-4-7-16(13-15)20-22-11-12-26-20/h2-8,11-13H,9-10H2,1H3,(H,21,24)(H,23,25). The van der Waals surface area contributed by atoms with Crippen molar-refractivity contribution in [2.24, 2.45) is 0 Å². The second-order valence-corrected chi connectivity index (χ2v) is 6.60. The summed E-state index contributed by atoms with van der Waals surface area (Å²) in [5.41, 5.74) is 3.14. The zero-order chi connectivity index (χ0) is 18.4. The van der Waals surface area contributed by atoms with E-state index in [1.807, 2.05) is 47.8 Å². The van der Waals surface area contributed by atoms with Crippen molar-refractivity contribution in [3.63, 3.8) is 0 Å². The summed E-state index contributed by atoms with van der Waals surface area (Å²) in [4.78, 5) is 28.4. The number of thiazole rings is 1. The second-order valence-electron chi connectivity index (χ2n) is 5.70. The highest BCUT2D eigenvalue weighted by Gasteiger charge is 2.11. The predicted molar refractivity (Wildman–Crippen MR) is 104 cm³/mol. The van der Waals surface area contributed by atoms with Gasteiger partial charge in [0.1, 0.15) is 5.01 Å². The average molecular weight is 365 g/mol. The maximum absolute atomic E-state index is 12.7. The summed E-state index contributed by atoms with van der Waals surface area (Å²) in [6.07, 6.45) is 2.69. The molecule has 0 saturated carbocycles. The van der Waals surface area contributed by atoms with Crippen molar-refractivity contribution >= 4 is 28.8 Å². The van der Waals surface area contributed by atoms with Crippen LogP contribution in [0.25, 0.3) is 10.6 Å². The quantitative estimate of drug-likeness (QED) is 0.699. The van der Waals surface area contributed by atoms with Crippen LogP contribution in [-0.4, -0.2) is 23.8 Å². The summed E-state index contributed by atoms with van der Waals surface area (Å²) in [7, 11) is 1.62. The fraction of sp³-hybridized carbons (Fsp3) is 0.150. The Hall–Kier alpha value is -2.99. The molecular weight excluding hydrogens is 346 g/mol. The molecular formula is C20H19N3O2S. The van der Waals surface area contributed by atoms with Crippen LogP contribution in [0.15, 0.2) is 60.1 Å². The van der Waals surface area contributed by atoms with Crippen LogP contribution in [0.1, 0.15) is 22.3 Å². The van der Waals surface area contributed by atoms with Crippen LogP contribution in [-0.2, 0) is 11.2 Å². The molecule has 0 spiro atoms. The van der Waals surface area contributed by atoms with Gasteiger partial charge < -0.3 is 10.6 Å². The van der Waals surface area contributed by atoms with Crippen molar-refractivity contribution in [1.82, 2.24) is 10.3 Å². The molecule has 0 bridgehead atoms. The third-order valence-electron chi connectivity index (χ3n) is 3.97. The van der Waals surface area contributed by atoms with Gasteiger partial charge in [0, 0.05) is 41.9 Å². The molecule has 1 aromatic heterocycles. The van der Waals surface area contributed by atoms with Crippen molar-refractivity contribution < 1.29 is 9.59 Å². The highest BCUT2D eigenvalue weighted by molar-refractivity contribution is 7.13. The number of rotatable bonds is 6. The number of hydrogen-bond donors (Lipinski definition) is 2. The molecule has 0 unspecified atom stereocenters. The van der Waals surface area contributed by atoms with Gasteiger partial charge in [-0.15, -0.1) is 11.3 Å². The Kier molecular flexibility index (Phi) is 5.76. The van der Waals surface area contributed by atoms with E-state index in [-0.39, 0.29) is 11.8 Å². The number of aromatic nitrogens is 1. The van der Waals surface area contributed by atoms with Crippen LogP contribution in [0.2, 0.25) is 0 Å². The number of amides is 2. The zero-order valence-electron chi connectivity index (χ0n) is 14.4. The smallest absolute Gasteiger partial charge is 0.255 e. The van der Waals surface area contributed by atoms with Gasteiger partial charge in [0.05, 0.1) is 0 Å². The SMILES string of the molecule is CNC(=O)CCc1ccccc1NC(=O)c1cccc(-c2nccs2)c1. The van der Waals surface area contributed by atoms with E-state index in [2.05, 4.69) is 15.6 Å². The normalized spacial score (nSPS) is 10.3. The fourth-order valence-electron chi connectivity index (χ4n) is 2.59. The maximum atomic E-state index is 12.7. The monoisotopic (exact) mass is 365 g/mol. The van der Waals surface area contributed by atoms with Crippen molar-refractivity contribution in [1.29, 1.82) is 0 Å². The lowest BCUT2D eigenvalue weighted by Crippen LogP contribution is -2.18. The maximum Gasteiger partial charge on any atom is 0.255 e. The molecule has 1 heterocycles. The van der Waals surface area contributed by atoms with Gasteiger partial charge in [0.15, 0.2) is 0 Å². The van der Waals surface area contributed by atoms with Crippen LogP contribution < -0.4 is 10.6 Å². The van der Waals surface area contributed by atoms with Crippen LogP contribution in [0.5, 0.6) is 0 Å². The van der Waals surface area contributed by atoms with Gasteiger partial charge in [0.2, 0.25) is 5.91 Å². The number of para-hydroxylation sites is 1. The fourth-order valence-corrected chi connectivity index (χ4v) is 3.22. The van der Waals surface area contributed by atoms with E-state index < -0.39 is 0 Å². The highest BCUT2D eigenvalue weighted by atomic mass is 32.1. The van der Waals surface area contributed by atoms with E-state index in [1.54, 1.807) is 19.3 Å². The first-order chi connectivity index (χ1) is 12.7. The number of carbonyl (C=O) groups is 2. The Morgan fingerprint density at radius 2 is 1.96 bits per heavy atom. The van der Waals surface area contributed by atoms with Gasteiger partial charge in [-0.05, 0) is 30.2 Å². The van der Waals surface area contributed by atoms with E-state index >= 15 is 0 Å². The number of nitrogens with one attached hydrogen (secondary N) is 2. The third kappa shape index (κ3) is 4.34. The lowest BCUT2D eigenvalue weighted by molar-refractivity contribution is -0.120. The highest BCUT2D eigenvalue weighted by Crippen LogP contribution is 2.23. The molecule has 0 atom stereocenters. The van der Waals surface area contributed by atoms with Gasteiger partial charge in [-0.1, -0.05) is 30.3 Å². The molecule has 0 saturated heterocycles. The van der Waals surface area contributed by atoms with Gasteiger partial charge in [-0.3, -0.25) is 9.59 Å². The van der Waals surface area contributed by atoms with Crippen LogP contribution >= 0.6 is 11.3 Å². The molecule has 0 radical (unpaired) electrons. The third-order valence-corrected chi connectivity index (χ3v) is 4.79. The first kappa shape index (κ1) is 17.8. The molecule has 6 heteroatoms. The molecule has 26 heavy (non-hydrogen) atoms. The lowest BCUT2D eigenvalue weighted by atomic mass is 10.1. The summed E-state index contributed by atoms with van der Waals surface area (Å²) in [6, 6.07) is 14.9. The summed E-state index contributed by atoms with van der Waals surface area (Å²) >= 11 is 1.53. The summed E-state index contributed by atoms with van der Waals surface area (Å²) in [6.45, 7) is 0. The van der Waals surface area contributed by atoms with E-state index in [9.17, 15) is 9.59 Å². The molecule has 0 aliphatic carbocycles. The molecule has 132 valence electrons. The number of hydrogen-bond acceptors (Lipinski definition) is 4. The van der Waals surface area contributed by atoms with Gasteiger partial charge in [-0.2, -0.15) is 0 Å². The Morgan fingerprint density at radius 1 is 1.12 bits per heavy atom. The van der Waals surface area contributed by atoms with Gasteiger partial charge in [-0.25, -0.2) is 4.98 Å². The molecule has 2 amide bonds. The number of benzene rings is 2. The topological polar surface area (TPSA) is 71.1 Å². The minimum absolute atomic E-state index is 0.0257. The largest absolute Gasteiger partial charge is 0.359 e. The zero-order valence-corrected chi connectivity index (χ0v) is 15.2. The van der Waals surface area contributed by atoms with Crippen LogP contribution in [0, 0.1) is 0 Å². The molecule has 0 aliphatic heterocycles. The molecule has 3 aromatic rings. The van der Waals surface area contributed by atoms with Crippen molar-refractivity contribution in [3.8, 4) is 10.6 Å². The first-order valence-corrected chi connectivity index (χ1v) is 9.15. The van der Waals surface area contributed by atoms with Crippen molar-refractivity contribution in [2.75, 3.05) is 12.4 Å². The molecule has 5 nitrogen and oxygen atoms in total. The molecule has 2 aromatic carbocycles. The molecule has 3 rings (SSSR count). The second kappa shape index (κ2) is 8.40. The summed E-state index contributed by atoms with van der Waals surface area (Å²) < 4.78 is 0. The Labute approximate surface area is 156 Å². The van der Waals surface area contributed by atoms with E-state index in [0.717, 1.165) is 21.8 Å². The summed E-state index contributed by atoms with van der Waals surface area (Å²) in [5.74, 6) is -0.210. The summed E-state index contributed by atoms with van der Waals surface area (Å²) in [5, 5.41) is 8.35. The molecule has 0 aliphatic rings. The Balaban J connectivity index is 1.76. The predicted octanol–water partition coefficient (Wildman–Crippen LogP) is 3.74. The lowest BCUT2D eigenvalue weighted by Gasteiger charge is -2.11. The molecule has 2 N–H and O–H groups in total. The van der Waals surface area contributed by atoms with Gasteiger partial charge in [0.25, 0.3) is 5.91 Å². The number of nitrogens with zero attached hydrogens (tertiary/aromatic N) is 1. The Bertz CT molecular complexity index is 907. The van der Waals surface area contributed by atoms with Crippen LogP contribution in [0.4, 0.5) is 5.69 Å². The van der Waals surface area contributed by atoms with Crippen molar-refractivity contribution in [2.45, 2.75) is 12.8 Å². The average Bonchev–Trinajstić information content (AvgIpc) is 3.22. The van der Waals surface area contributed by atoms with E-state index in [1.165, 1.54) is 11.3 Å². The number of carbonyl (C=O) groups excluding carboxylic acids is 2. The van der Waals surface area contributed by atoms with Crippen molar-refractivity contribution in [3.05, 3.63) is 71.2 Å². The van der Waals surface area contributed by atoms with E-state index in [4.69, 9.17) is 0 Å². The number of aryl methyl sites for hydroxylation is 1.